The van der Waals surface area contributed by atoms with E-state index in [2.05, 4.69) is 4.98 Å². The van der Waals surface area contributed by atoms with Crippen LogP contribution >= 0.6 is 0 Å². The number of rotatable bonds is 9. The van der Waals surface area contributed by atoms with Gasteiger partial charge in [-0.15, -0.1) is 0 Å². The molecule has 0 saturated heterocycles. The van der Waals surface area contributed by atoms with Crippen LogP contribution in [0.5, 0.6) is 28.7 Å². The molecule has 0 saturated carbocycles. The van der Waals surface area contributed by atoms with E-state index in [1.54, 1.807) is 28.8 Å². The summed E-state index contributed by atoms with van der Waals surface area (Å²) in [5, 5.41) is 13.6. The first-order valence-corrected chi connectivity index (χ1v) is 11.9. The van der Waals surface area contributed by atoms with E-state index in [-0.39, 0.29) is 11.3 Å². The second-order valence-corrected chi connectivity index (χ2v) is 9.17. The molecule has 2 heterocycles. The van der Waals surface area contributed by atoms with Crippen molar-refractivity contribution in [3.8, 4) is 28.7 Å². The molecule has 0 aliphatic rings. The average Bonchev–Trinajstić information content (AvgIpc) is 2.78. The summed E-state index contributed by atoms with van der Waals surface area (Å²) in [5.41, 5.74) is 0.930. The highest BCUT2D eigenvalue weighted by atomic mass is 32.2. The quantitative estimate of drug-likeness (QED) is 0.453. The number of nitrogens with zero attached hydrogens (tertiary/aromatic N) is 2. The minimum Gasteiger partial charge on any atom is -0.868 e. The van der Waals surface area contributed by atoms with Crippen LogP contribution in [-0.4, -0.2) is 49.5 Å². The molecule has 0 N–H and O–H groups in total. The Labute approximate surface area is 190 Å². The maximum absolute atomic E-state index is 13.1. The van der Waals surface area contributed by atoms with E-state index in [4.69, 9.17) is 18.9 Å². The number of pyridine rings is 2. The topological polar surface area (TPSA) is 94.9 Å². The van der Waals surface area contributed by atoms with Crippen molar-refractivity contribution in [2.45, 2.75) is 25.3 Å². The van der Waals surface area contributed by atoms with Gasteiger partial charge in [0.05, 0.1) is 21.3 Å². The molecule has 0 amide bonds. The van der Waals surface area contributed by atoms with Crippen molar-refractivity contribution < 1.29 is 24.1 Å². The Balaban J connectivity index is 1.85. The maximum Gasteiger partial charge on any atom is 0.306 e. The van der Waals surface area contributed by atoms with Crippen molar-refractivity contribution in [3.05, 3.63) is 40.3 Å². The molecule has 8 nitrogen and oxygen atoms in total. The highest BCUT2D eigenvalue weighted by Gasteiger charge is 2.25. The molecule has 0 fully saturated rings. The first kappa shape index (κ1) is 23.6. The molecule has 172 valence electrons. The van der Waals surface area contributed by atoms with Gasteiger partial charge in [0.25, 0.3) is 0 Å². The summed E-state index contributed by atoms with van der Waals surface area (Å²) in [6, 6.07) is 6.96. The van der Waals surface area contributed by atoms with Gasteiger partial charge in [-0.3, -0.25) is 9.36 Å². The average molecular weight is 461 g/mol. The molecule has 0 aliphatic carbocycles. The first-order valence-electron chi connectivity index (χ1n) is 10.1. The van der Waals surface area contributed by atoms with Gasteiger partial charge in [-0.25, -0.2) is 4.98 Å². The fourth-order valence-corrected chi connectivity index (χ4v) is 4.86. The van der Waals surface area contributed by atoms with Crippen LogP contribution in [0.25, 0.3) is 11.0 Å². The number of hydrogen-bond donors (Lipinski definition) is 0. The van der Waals surface area contributed by atoms with Crippen LogP contribution in [0.2, 0.25) is 0 Å². The lowest BCUT2D eigenvalue weighted by molar-refractivity contribution is -0.270. The Morgan fingerprint density at radius 3 is 2.31 bits per heavy atom. The fraction of sp³-hybridized carbons (Fsp3) is 0.391. The predicted molar refractivity (Wildman–Crippen MR) is 124 cm³/mol. The molecule has 1 atom stereocenters. The van der Waals surface area contributed by atoms with Gasteiger partial charge in [0.15, 0.2) is 11.5 Å². The van der Waals surface area contributed by atoms with Crippen molar-refractivity contribution in [2.75, 3.05) is 39.9 Å². The summed E-state index contributed by atoms with van der Waals surface area (Å²) >= 11 is 0. The first-order chi connectivity index (χ1) is 15.4. The van der Waals surface area contributed by atoms with Crippen LogP contribution in [0, 0.1) is 6.92 Å². The minimum absolute atomic E-state index is 0.249. The highest BCUT2D eigenvalue weighted by molar-refractivity contribution is 7.96. The predicted octanol–water partition coefficient (Wildman–Crippen LogP) is 2.51. The minimum atomic E-state index is -0.610. The molecule has 32 heavy (non-hydrogen) atoms. The van der Waals surface area contributed by atoms with Gasteiger partial charge in [-0.2, -0.15) is 0 Å². The van der Waals surface area contributed by atoms with E-state index in [0.29, 0.717) is 57.8 Å². The monoisotopic (exact) mass is 460 g/mol. The van der Waals surface area contributed by atoms with Gasteiger partial charge in [-0.05, 0) is 31.7 Å². The molecule has 3 aromatic rings. The van der Waals surface area contributed by atoms with Gasteiger partial charge in [-0.1, -0.05) is 0 Å². The normalized spacial score (nSPS) is 11.9. The van der Waals surface area contributed by atoms with Crippen molar-refractivity contribution >= 4 is 21.9 Å². The number of methoxy groups -OCH3 is 3. The number of fused-ring (bicyclic) bond motifs is 1. The third kappa shape index (κ3) is 4.43. The summed E-state index contributed by atoms with van der Waals surface area (Å²) in [5.74, 6) is 2.26. The third-order valence-corrected chi connectivity index (χ3v) is 6.96. The lowest BCUT2D eigenvalue weighted by Crippen LogP contribution is -2.30. The van der Waals surface area contributed by atoms with Gasteiger partial charge in [0, 0.05) is 40.7 Å². The molecule has 0 bridgehead atoms. The van der Waals surface area contributed by atoms with Crippen molar-refractivity contribution in [2.24, 2.45) is 0 Å². The van der Waals surface area contributed by atoms with Crippen LogP contribution in [0.3, 0.4) is 0 Å². The van der Waals surface area contributed by atoms with E-state index in [1.165, 1.54) is 21.3 Å². The van der Waals surface area contributed by atoms with Crippen LogP contribution in [0.1, 0.15) is 12.6 Å². The molecule has 1 aromatic carbocycles. The molecule has 1 unspecified atom stereocenters. The standard InChI is InChI=1S/C23H28N2O6S/c1-7-25-22-16(9-8-14(2)24-22)19(26)21(23(25)27)32(6)11-10-31-15-12-17(28-3)20(30-5)18(13-15)29-4/h8-9,12-13H,7,10-11H2,1-6H3. The fourth-order valence-electron chi connectivity index (χ4n) is 3.49. The van der Waals surface area contributed by atoms with Gasteiger partial charge < -0.3 is 24.1 Å². The molecule has 3 rings (SSSR count). The zero-order valence-electron chi connectivity index (χ0n) is 19.2. The second-order valence-electron chi connectivity index (χ2n) is 7.08. The lowest BCUT2D eigenvalue weighted by Gasteiger charge is -2.18. The second kappa shape index (κ2) is 10.0. The van der Waals surface area contributed by atoms with Crippen molar-refractivity contribution in [1.29, 1.82) is 0 Å². The van der Waals surface area contributed by atoms with Crippen molar-refractivity contribution in [1.82, 2.24) is 9.55 Å². The van der Waals surface area contributed by atoms with E-state index in [0.717, 1.165) is 5.69 Å². The zero-order chi connectivity index (χ0) is 23.4. The number of ether oxygens (including phenoxy) is 4. The summed E-state index contributed by atoms with van der Waals surface area (Å²) in [7, 11) is 4.00. The van der Waals surface area contributed by atoms with Gasteiger partial charge in [0.1, 0.15) is 30.0 Å². The molecule has 0 aliphatic heterocycles. The summed E-state index contributed by atoms with van der Waals surface area (Å²) in [4.78, 5) is 17.8. The maximum atomic E-state index is 13.1. The van der Waals surface area contributed by atoms with Gasteiger partial charge in [0.2, 0.25) is 10.6 Å². The van der Waals surface area contributed by atoms with Crippen LogP contribution in [-0.2, 0) is 17.4 Å². The smallest absolute Gasteiger partial charge is 0.306 e. The number of aromatic nitrogens is 2. The summed E-state index contributed by atoms with van der Waals surface area (Å²) in [6.45, 7) is 4.47. The largest absolute Gasteiger partial charge is 0.868 e. The molecule has 0 spiro atoms. The number of benzene rings is 1. The summed E-state index contributed by atoms with van der Waals surface area (Å²) in [6.07, 6.45) is 1.89. The van der Waals surface area contributed by atoms with Crippen LogP contribution in [0.15, 0.2) is 34.0 Å². The molecule has 9 heteroatoms. The number of hydrogen-bond acceptors (Lipinski definition) is 7. The lowest BCUT2D eigenvalue weighted by atomic mass is 10.2. The van der Waals surface area contributed by atoms with Crippen molar-refractivity contribution in [3.63, 3.8) is 0 Å². The Bertz CT molecular complexity index is 1150. The van der Waals surface area contributed by atoms with E-state index in [9.17, 15) is 9.90 Å². The molecule has 2 aromatic heterocycles. The van der Waals surface area contributed by atoms with Gasteiger partial charge >= 0.3 is 5.56 Å². The molecule has 0 radical (unpaired) electrons. The van der Waals surface area contributed by atoms with E-state index in [1.807, 2.05) is 20.1 Å². The Morgan fingerprint density at radius 2 is 1.75 bits per heavy atom. The third-order valence-electron chi connectivity index (χ3n) is 5.12. The van der Waals surface area contributed by atoms with E-state index < -0.39 is 10.9 Å². The zero-order valence-corrected chi connectivity index (χ0v) is 20.0. The molecular formula is C23H28N2O6S. The van der Waals surface area contributed by atoms with Crippen LogP contribution in [0.4, 0.5) is 0 Å². The summed E-state index contributed by atoms with van der Waals surface area (Å²) < 4.78 is 23.5. The Morgan fingerprint density at radius 1 is 1.09 bits per heavy atom. The highest BCUT2D eigenvalue weighted by Crippen LogP contribution is 2.40. The number of aryl methyl sites for hydroxylation is 2. The SMILES string of the molecule is CCn1c(=O)c([S+](C)CCOc2cc(OC)c(OC)c(OC)c2)c([O-])c2ccc(C)nc21. The van der Waals surface area contributed by atoms with Crippen LogP contribution < -0.4 is 29.6 Å². The molecular weight excluding hydrogens is 432 g/mol. The Kier molecular flexibility index (Phi) is 7.40. The Hall–Kier alpha value is -3.07. The van der Waals surface area contributed by atoms with E-state index >= 15 is 0 Å².